The molecule has 18 heavy (non-hydrogen) atoms. The average molecular weight is 308 g/mol. The molecule has 0 bridgehead atoms. The molecule has 0 aliphatic carbocycles. The highest BCUT2D eigenvalue weighted by molar-refractivity contribution is 9.11. The van der Waals surface area contributed by atoms with E-state index in [-0.39, 0.29) is 5.91 Å². The van der Waals surface area contributed by atoms with Crippen molar-refractivity contribution in [3.8, 4) is 0 Å². The van der Waals surface area contributed by atoms with Gasteiger partial charge in [-0.25, -0.2) is 4.99 Å². The van der Waals surface area contributed by atoms with Gasteiger partial charge in [0.25, 0.3) is 0 Å². The Hall–Kier alpha value is -1.36. The number of fused-ring (bicyclic) bond motifs is 2. The summed E-state index contributed by atoms with van der Waals surface area (Å²) in [5.41, 5.74) is 2.12. The number of carbonyl (C=O) groups excluding carboxylic acids is 1. The molecule has 0 atom stereocenters. The van der Waals surface area contributed by atoms with Crippen LogP contribution in [-0.2, 0) is 4.79 Å². The number of hydrogen-bond acceptors (Lipinski definition) is 3. The Morgan fingerprint density at radius 3 is 3.11 bits per heavy atom. The van der Waals surface area contributed by atoms with Crippen molar-refractivity contribution in [2.45, 2.75) is 12.8 Å². The number of halogens is 1. The molecular formula is C13H14BrN3O. The van der Waals surface area contributed by atoms with E-state index in [1.165, 1.54) is 5.57 Å². The maximum atomic E-state index is 11.9. The van der Waals surface area contributed by atoms with Crippen LogP contribution < -0.4 is 0 Å². The van der Waals surface area contributed by atoms with Crippen LogP contribution in [0.5, 0.6) is 0 Å². The monoisotopic (exact) mass is 307 g/mol. The molecular weight excluding hydrogens is 294 g/mol. The Bertz CT molecular complexity index is 530. The van der Waals surface area contributed by atoms with Crippen LogP contribution in [0.25, 0.3) is 0 Å². The quantitative estimate of drug-likeness (QED) is 0.686. The van der Waals surface area contributed by atoms with Crippen molar-refractivity contribution >= 4 is 27.5 Å². The predicted molar refractivity (Wildman–Crippen MR) is 74.2 cm³/mol. The summed E-state index contributed by atoms with van der Waals surface area (Å²) in [4.78, 5) is 20.4. The third-order valence-electron chi connectivity index (χ3n) is 3.44. The number of rotatable bonds is 0. The van der Waals surface area contributed by atoms with Gasteiger partial charge in [-0.15, -0.1) is 0 Å². The first-order chi connectivity index (χ1) is 8.63. The normalized spacial score (nSPS) is 23.3. The molecule has 1 amide bonds. The molecule has 3 aliphatic heterocycles. The van der Waals surface area contributed by atoms with Gasteiger partial charge in [-0.05, 0) is 18.1 Å². The first-order valence-electron chi connectivity index (χ1n) is 6.00. The molecule has 0 spiro atoms. The molecule has 0 N–H and O–H groups in total. The Morgan fingerprint density at radius 1 is 1.44 bits per heavy atom. The molecule has 4 nitrogen and oxygen atoms in total. The average Bonchev–Trinajstić information content (AvgIpc) is 2.47. The molecule has 0 aromatic rings. The van der Waals surface area contributed by atoms with Crippen LogP contribution in [0, 0.1) is 0 Å². The first kappa shape index (κ1) is 11.7. The number of likely N-dealkylation sites (tertiary alicyclic amines) is 1. The third kappa shape index (κ3) is 2.03. The van der Waals surface area contributed by atoms with Gasteiger partial charge in [0, 0.05) is 30.8 Å². The Labute approximate surface area is 114 Å². The number of aliphatic imine (C=N–C) groups is 1. The molecule has 1 saturated heterocycles. The number of nitrogens with zero attached hydrogens (tertiary/aromatic N) is 3. The largest absolute Gasteiger partial charge is 0.345 e. The van der Waals surface area contributed by atoms with E-state index in [9.17, 15) is 4.79 Å². The summed E-state index contributed by atoms with van der Waals surface area (Å²) in [6.45, 7) is 1.60. The van der Waals surface area contributed by atoms with E-state index in [2.05, 4.69) is 38.1 Å². The molecule has 3 heterocycles. The standard InChI is InChI=1S/C13H14BrN3O/c1-16-4-2-9-8-17-5-3-10(14)6-12(17)15-11(9)7-13(16)18/h3,6,8H,2,4-5,7H2,1H3. The van der Waals surface area contributed by atoms with Crippen LogP contribution in [0.3, 0.4) is 0 Å². The lowest BCUT2D eigenvalue weighted by Crippen LogP contribution is -2.27. The summed E-state index contributed by atoms with van der Waals surface area (Å²) < 4.78 is 1.05. The predicted octanol–water partition coefficient (Wildman–Crippen LogP) is 2.01. The zero-order valence-corrected chi connectivity index (χ0v) is 11.8. The van der Waals surface area contributed by atoms with Crippen LogP contribution in [0.1, 0.15) is 12.8 Å². The van der Waals surface area contributed by atoms with Crippen molar-refractivity contribution in [3.05, 3.63) is 34.2 Å². The van der Waals surface area contributed by atoms with Gasteiger partial charge in [-0.1, -0.05) is 22.0 Å². The molecule has 0 saturated carbocycles. The second kappa shape index (κ2) is 4.39. The van der Waals surface area contributed by atoms with E-state index in [4.69, 9.17) is 0 Å². The minimum absolute atomic E-state index is 0.150. The van der Waals surface area contributed by atoms with Gasteiger partial charge in [0.05, 0.1) is 12.1 Å². The van der Waals surface area contributed by atoms with E-state index in [0.29, 0.717) is 6.42 Å². The van der Waals surface area contributed by atoms with Crippen molar-refractivity contribution in [1.82, 2.24) is 9.80 Å². The van der Waals surface area contributed by atoms with Crippen molar-refractivity contribution in [2.75, 3.05) is 20.1 Å². The summed E-state index contributed by atoms with van der Waals surface area (Å²) in [6.07, 6.45) is 7.53. The second-order valence-electron chi connectivity index (χ2n) is 4.70. The maximum absolute atomic E-state index is 11.9. The Balaban J connectivity index is 1.96. The molecule has 0 aromatic heterocycles. The molecule has 5 heteroatoms. The summed E-state index contributed by atoms with van der Waals surface area (Å²) in [5, 5.41) is 0. The lowest BCUT2D eigenvalue weighted by molar-refractivity contribution is -0.128. The van der Waals surface area contributed by atoms with E-state index in [0.717, 1.165) is 35.5 Å². The van der Waals surface area contributed by atoms with Crippen LogP contribution in [-0.4, -0.2) is 41.6 Å². The van der Waals surface area contributed by atoms with E-state index >= 15 is 0 Å². The summed E-state index contributed by atoms with van der Waals surface area (Å²) in [7, 11) is 1.85. The van der Waals surface area contributed by atoms with E-state index < -0.39 is 0 Å². The zero-order valence-electron chi connectivity index (χ0n) is 10.2. The molecule has 3 aliphatic rings. The fourth-order valence-corrected chi connectivity index (χ4v) is 2.63. The topological polar surface area (TPSA) is 35.9 Å². The van der Waals surface area contributed by atoms with Crippen molar-refractivity contribution in [3.63, 3.8) is 0 Å². The molecule has 0 aromatic carbocycles. The van der Waals surface area contributed by atoms with Gasteiger partial charge >= 0.3 is 0 Å². The van der Waals surface area contributed by atoms with Gasteiger partial charge in [0.15, 0.2) is 0 Å². The molecule has 3 rings (SSSR count). The van der Waals surface area contributed by atoms with Gasteiger partial charge in [-0.3, -0.25) is 4.79 Å². The smallest absolute Gasteiger partial charge is 0.228 e. The Kier molecular flexibility index (Phi) is 2.86. The number of amides is 1. The van der Waals surface area contributed by atoms with Crippen LogP contribution in [0.4, 0.5) is 0 Å². The third-order valence-corrected chi connectivity index (χ3v) is 3.99. The highest BCUT2D eigenvalue weighted by Crippen LogP contribution is 2.28. The van der Waals surface area contributed by atoms with Crippen LogP contribution in [0.15, 0.2) is 39.2 Å². The van der Waals surface area contributed by atoms with E-state index in [1.54, 1.807) is 4.90 Å². The lowest BCUT2D eigenvalue weighted by atomic mass is 10.0. The van der Waals surface area contributed by atoms with Gasteiger partial charge in [-0.2, -0.15) is 0 Å². The van der Waals surface area contributed by atoms with Gasteiger partial charge < -0.3 is 9.80 Å². The summed E-state index contributed by atoms with van der Waals surface area (Å²) >= 11 is 3.47. The van der Waals surface area contributed by atoms with Crippen molar-refractivity contribution < 1.29 is 4.79 Å². The summed E-state index contributed by atoms with van der Waals surface area (Å²) in [6, 6.07) is 0. The molecule has 0 unspecified atom stereocenters. The molecule has 0 radical (unpaired) electrons. The first-order valence-corrected chi connectivity index (χ1v) is 6.79. The highest BCUT2D eigenvalue weighted by Gasteiger charge is 2.26. The summed E-state index contributed by atoms with van der Waals surface area (Å²) in [5.74, 6) is 1.07. The van der Waals surface area contributed by atoms with Gasteiger partial charge in [0.2, 0.25) is 5.91 Å². The minimum Gasteiger partial charge on any atom is -0.345 e. The lowest BCUT2D eigenvalue weighted by Gasteiger charge is -2.28. The fourth-order valence-electron chi connectivity index (χ4n) is 2.29. The number of allylic oxidation sites excluding steroid dienone is 2. The van der Waals surface area contributed by atoms with Crippen molar-refractivity contribution in [2.24, 2.45) is 4.99 Å². The zero-order chi connectivity index (χ0) is 12.7. The maximum Gasteiger partial charge on any atom is 0.228 e. The van der Waals surface area contributed by atoms with Crippen LogP contribution in [0.2, 0.25) is 0 Å². The van der Waals surface area contributed by atoms with Gasteiger partial charge in [0.1, 0.15) is 5.82 Å². The number of carbonyl (C=O) groups is 1. The number of hydrogen-bond donors (Lipinski definition) is 0. The minimum atomic E-state index is 0.150. The molecule has 94 valence electrons. The Morgan fingerprint density at radius 2 is 2.28 bits per heavy atom. The second-order valence-corrected chi connectivity index (χ2v) is 5.61. The highest BCUT2D eigenvalue weighted by atomic mass is 79.9. The van der Waals surface area contributed by atoms with Crippen LogP contribution >= 0.6 is 15.9 Å². The SMILES string of the molecule is CN1CCC2=CN3CC=C(Br)C=C3N=C2CC1=O. The van der Waals surface area contributed by atoms with Crippen molar-refractivity contribution in [1.29, 1.82) is 0 Å². The molecule has 1 fully saturated rings. The van der Waals surface area contributed by atoms with E-state index in [1.807, 2.05) is 13.1 Å². The fraction of sp³-hybridized carbons (Fsp3) is 0.385.